The summed E-state index contributed by atoms with van der Waals surface area (Å²) in [5.41, 5.74) is 0.137. The van der Waals surface area contributed by atoms with Crippen LogP contribution in [0.15, 0.2) is 24.3 Å². The van der Waals surface area contributed by atoms with Gasteiger partial charge in [-0.05, 0) is 30.7 Å². The van der Waals surface area contributed by atoms with Crippen molar-refractivity contribution < 1.29 is 14.3 Å². The molecule has 1 heterocycles. The van der Waals surface area contributed by atoms with E-state index >= 15 is 0 Å². The minimum Gasteiger partial charge on any atom is -0.467 e. The quantitative estimate of drug-likeness (QED) is 0.867. The Morgan fingerprint density at radius 3 is 2.80 bits per heavy atom. The Balaban J connectivity index is 2.22. The fourth-order valence-corrected chi connectivity index (χ4v) is 2.69. The van der Waals surface area contributed by atoms with E-state index in [2.05, 4.69) is 12.2 Å². The first-order chi connectivity index (χ1) is 9.59. The molecule has 0 spiro atoms. The number of anilines is 1. The van der Waals surface area contributed by atoms with E-state index in [9.17, 15) is 4.79 Å². The van der Waals surface area contributed by atoms with Gasteiger partial charge in [-0.1, -0.05) is 18.5 Å². The molecule has 4 nitrogen and oxygen atoms in total. The van der Waals surface area contributed by atoms with Gasteiger partial charge >= 0.3 is 5.97 Å². The van der Waals surface area contributed by atoms with Crippen molar-refractivity contribution in [2.75, 3.05) is 19.0 Å². The number of hydrogen-bond acceptors (Lipinski definition) is 4. The summed E-state index contributed by atoms with van der Waals surface area (Å²) in [6.45, 7) is 2.61. The van der Waals surface area contributed by atoms with Crippen LogP contribution in [0.5, 0.6) is 0 Å². The van der Waals surface area contributed by atoms with Crippen LogP contribution in [0, 0.1) is 0 Å². The molecule has 1 fully saturated rings. The van der Waals surface area contributed by atoms with Gasteiger partial charge in [-0.3, -0.25) is 0 Å². The molecule has 1 aliphatic heterocycles. The normalized spacial score (nSPS) is 26.1. The molecule has 1 aromatic rings. The second-order valence-corrected chi connectivity index (χ2v) is 5.50. The lowest BCUT2D eigenvalue weighted by Gasteiger charge is -2.39. The summed E-state index contributed by atoms with van der Waals surface area (Å²) < 4.78 is 10.7. The van der Waals surface area contributed by atoms with E-state index < -0.39 is 5.54 Å². The molecule has 1 saturated heterocycles. The summed E-state index contributed by atoms with van der Waals surface area (Å²) in [6.07, 6.45) is 2.15. The summed E-state index contributed by atoms with van der Waals surface area (Å²) in [5, 5.41) is 3.99. The number of carbonyl (C=O) groups is 1. The van der Waals surface area contributed by atoms with Gasteiger partial charge in [-0.2, -0.15) is 0 Å². The molecule has 1 aliphatic rings. The molecular formula is C15H20ClNO3. The van der Waals surface area contributed by atoms with Crippen LogP contribution in [0.4, 0.5) is 5.69 Å². The lowest BCUT2D eigenvalue weighted by Crippen LogP contribution is -2.53. The number of nitrogens with one attached hydrogen (secondary N) is 1. The first-order valence-corrected chi connectivity index (χ1v) is 7.21. The topological polar surface area (TPSA) is 47.6 Å². The average molecular weight is 298 g/mol. The summed E-state index contributed by atoms with van der Waals surface area (Å²) in [5.74, 6) is -0.241. The highest BCUT2D eigenvalue weighted by molar-refractivity contribution is 6.30. The molecule has 0 bridgehead atoms. The second kappa shape index (κ2) is 6.46. The van der Waals surface area contributed by atoms with E-state index in [-0.39, 0.29) is 12.1 Å². The van der Waals surface area contributed by atoms with Crippen molar-refractivity contribution in [2.45, 2.75) is 37.8 Å². The Bertz CT molecular complexity index is 463. The number of hydrogen-bond donors (Lipinski definition) is 1. The third-order valence-corrected chi connectivity index (χ3v) is 3.97. The van der Waals surface area contributed by atoms with Gasteiger partial charge in [-0.15, -0.1) is 0 Å². The van der Waals surface area contributed by atoms with E-state index in [1.165, 1.54) is 7.11 Å². The van der Waals surface area contributed by atoms with Crippen LogP contribution in [-0.2, 0) is 14.3 Å². The molecule has 2 rings (SSSR count). The summed E-state index contributed by atoms with van der Waals surface area (Å²) in [6, 6.07) is 7.32. The molecular weight excluding hydrogens is 278 g/mol. The number of ether oxygens (including phenoxy) is 2. The second-order valence-electron chi connectivity index (χ2n) is 5.06. The predicted molar refractivity (Wildman–Crippen MR) is 79.1 cm³/mol. The monoisotopic (exact) mass is 297 g/mol. The smallest absolute Gasteiger partial charge is 0.331 e. The van der Waals surface area contributed by atoms with Gasteiger partial charge < -0.3 is 14.8 Å². The van der Waals surface area contributed by atoms with Crippen molar-refractivity contribution in [3.8, 4) is 0 Å². The van der Waals surface area contributed by atoms with Crippen molar-refractivity contribution in [3.63, 3.8) is 0 Å². The number of rotatable bonds is 4. The van der Waals surface area contributed by atoms with Crippen LogP contribution >= 0.6 is 11.6 Å². The predicted octanol–water partition coefficient (Wildman–Crippen LogP) is 3.25. The molecule has 1 aromatic carbocycles. The maximum Gasteiger partial charge on any atom is 0.331 e. The molecule has 0 saturated carbocycles. The summed E-state index contributed by atoms with van der Waals surface area (Å²) >= 11 is 5.89. The Labute approximate surface area is 124 Å². The Kier molecular flexibility index (Phi) is 4.89. The van der Waals surface area contributed by atoms with Crippen molar-refractivity contribution in [3.05, 3.63) is 29.3 Å². The third-order valence-electron chi connectivity index (χ3n) is 3.72. The largest absolute Gasteiger partial charge is 0.467 e. The third kappa shape index (κ3) is 3.25. The number of methoxy groups -OCH3 is 1. The highest BCUT2D eigenvalue weighted by atomic mass is 35.5. The lowest BCUT2D eigenvalue weighted by atomic mass is 9.85. The van der Waals surface area contributed by atoms with Crippen LogP contribution in [0.3, 0.4) is 0 Å². The fraction of sp³-hybridized carbons (Fsp3) is 0.533. The minimum atomic E-state index is -0.721. The number of benzene rings is 1. The molecule has 5 heteroatoms. The molecule has 0 amide bonds. The number of halogens is 1. The first kappa shape index (κ1) is 15.1. The molecule has 2 unspecified atom stereocenters. The first-order valence-electron chi connectivity index (χ1n) is 6.83. The molecule has 20 heavy (non-hydrogen) atoms. The van der Waals surface area contributed by atoms with Gasteiger partial charge in [0.25, 0.3) is 0 Å². The highest BCUT2D eigenvalue weighted by Gasteiger charge is 2.44. The number of esters is 1. The molecule has 0 radical (unpaired) electrons. The van der Waals surface area contributed by atoms with Crippen molar-refractivity contribution in [1.82, 2.24) is 0 Å². The van der Waals surface area contributed by atoms with Gasteiger partial charge in [-0.25, -0.2) is 4.79 Å². The van der Waals surface area contributed by atoms with Crippen LogP contribution in [-0.4, -0.2) is 31.3 Å². The maximum absolute atomic E-state index is 12.3. The van der Waals surface area contributed by atoms with E-state index in [1.54, 1.807) is 12.1 Å². The van der Waals surface area contributed by atoms with E-state index in [0.29, 0.717) is 24.5 Å². The summed E-state index contributed by atoms with van der Waals surface area (Å²) in [7, 11) is 1.42. The highest BCUT2D eigenvalue weighted by Crippen LogP contribution is 2.31. The Morgan fingerprint density at radius 1 is 1.50 bits per heavy atom. The van der Waals surface area contributed by atoms with Gasteiger partial charge in [0.2, 0.25) is 0 Å². The van der Waals surface area contributed by atoms with Gasteiger partial charge in [0, 0.05) is 30.2 Å². The zero-order valence-electron chi connectivity index (χ0n) is 11.8. The fourth-order valence-electron chi connectivity index (χ4n) is 2.57. The van der Waals surface area contributed by atoms with E-state index in [1.807, 2.05) is 12.1 Å². The minimum absolute atomic E-state index is 0.0719. The molecule has 0 aliphatic carbocycles. The zero-order chi connectivity index (χ0) is 14.6. The Morgan fingerprint density at radius 2 is 2.20 bits per heavy atom. The van der Waals surface area contributed by atoms with Crippen molar-refractivity contribution >= 4 is 23.3 Å². The molecule has 110 valence electrons. The van der Waals surface area contributed by atoms with E-state index in [0.717, 1.165) is 12.1 Å². The maximum atomic E-state index is 12.3. The van der Waals surface area contributed by atoms with Crippen LogP contribution in [0.25, 0.3) is 0 Å². The van der Waals surface area contributed by atoms with Crippen LogP contribution in [0.2, 0.25) is 5.02 Å². The van der Waals surface area contributed by atoms with Crippen LogP contribution < -0.4 is 5.32 Å². The lowest BCUT2D eigenvalue weighted by molar-refractivity contribution is -0.151. The zero-order valence-corrected chi connectivity index (χ0v) is 12.6. The molecule has 0 aromatic heterocycles. The van der Waals surface area contributed by atoms with Crippen molar-refractivity contribution in [2.24, 2.45) is 0 Å². The van der Waals surface area contributed by atoms with Crippen molar-refractivity contribution in [1.29, 1.82) is 0 Å². The Hall–Kier alpha value is -1.26. The van der Waals surface area contributed by atoms with Crippen LogP contribution in [0.1, 0.15) is 26.2 Å². The van der Waals surface area contributed by atoms with Gasteiger partial charge in [0.15, 0.2) is 0 Å². The van der Waals surface area contributed by atoms with Gasteiger partial charge in [0.05, 0.1) is 13.2 Å². The number of carbonyl (C=O) groups excluding carboxylic acids is 1. The van der Waals surface area contributed by atoms with E-state index in [4.69, 9.17) is 21.1 Å². The summed E-state index contributed by atoms with van der Waals surface area (Å²) in [4.78, 5) is 12.3. The average Bonchev–Trinajstić information content (AvgIpc) is 2.49. The SMILES string of the molecule is CCC1CC(Nc2ccc(Cl)cc2)(C(=O)OC)CCO1. The molecule has 2 atom stereocenters. The standard InChI is InChI=1S/C15H20ClNO3/c1-3-13-10-15(8-9-20-13,14(18)19-2)17-12-6-4-11(16)5-7-12/h4-7,13,17H,3,8-10H2,1-2H3. The van der Waals surface area contributed by atoms with Gasteiger partial charge in [0.1, 0.15) is 5.54 Å². The molecule has 1 N–H and O–H groups in total.